The summed E-state index contributed by atoms with van der Waals surface area (Å²) in [6.07, 6.45) is 7.45. The highest BCUT2D eigenvalue weighted by molar-refractivity contribution is 6.31. The van der Waals surface area contributed by atoms with Crippen LogP contribution in [0.1, 0.15) is 62.6 Å². The Balaban J connectivity index is 1.30. The van der Waals surface area contributed by atoms with Gasteiger partial charge in [0.25, 0.3) is 0 Å². The zero-order valence-corrected chi connectivity index (χ0v) is 25.3. The van der Waals surface area contributed by atoms with Crippen LogP contribution in [0.5, 0.6) is 0 Å². The lowest BCUT2D eigenvalue weighted by atomic mass is 9.92. The number of hydrogen-bond acceptors (Lipinski definition) is 7. The van der Waals surface area contributed by atoms with Crippen molar-refractivity contribution in [1.29, 1.82) is 5.41 Å². The van der Waals surface area contributed by atoms with Gasteiger partial charge in [-0.1, -0.05) is 30.2 Å². The van der Waals surface area contributed by atoms with Crippen molar-refractivity contribution in [3.05, 3.63) is 75.1 Å². The summed E-state index contributed by atoms with van der Waals surface area (Å²) in [5, 5.41) is 26.2. The lowest BCUT2D eigenvalue weighted by molar-refractivity contribution is 0.186. The molecule has 1 unspecified atom stereocenters. The number of nitrogens with zero attached hydrogens (tertiary/aromatic N) is 2. The number of aliphatic hydroxyl groups excluding tert-OH is 1. The summed E-state index contributed by atoms with van der Waals surface area (Å²) in [6.45, 7) is 2.93. The molecule has 9 nitrogen and oxygen atoms in total. The molecular weight excluding hydrogens is 567 g/mol. The van der Waals surface area contributed by atoms with Gasteiger partial charge in [-0.25, -0.2) is 9.38 Å². The molecule has 2 aromatic carbocycles. The number of nitrogens with two attached hydrogens (primary N) is 2. The van der Waals surface area contributed by atoms with E-state index in [1.807, 2.05) is 37.4 Å². The molecule has 0 amide bonds. The number of hydrogen-bond donors (Lipinski definition) is 7. The van der Waals surface area contributed by atoms with E-state index < -0.39 is 12.2 Å². The molecule has 1 fully saturated rings. The number of benzene rings is 2. The Hall–Kier alpha value is -3.28. The fourth-order valence-corrected chi connectivity index (χ4v) is 6.13. The maximum atomic E-state index is 15.1. The van der Waals surface area contributed by atoms with Crippen LogP contribution in [-0.2, 0) is 6.42 Å². The van der Waals surface area contributed by atoms with Crippen molar-refractivity contribution in [2.75, 3.05) is 18.0 Å². The molecular formula is C32H42ClFN8O. The average Bonchev–Trinajstić information content (AvgIpc) is 3.41. The summed E-state index contributed by atoms with van der Waals surface area (Å²) in [4.78, 5) is 9.32. The molecule has 2 aliphatic heterocycles. The number of halogens is 2. The van der Waals surface area contributed by atoms with Crippen LogP contribution >= 0.6 is 11.6 Å². The number of rotatable bonds is 11. The predicted molar refractivity (Wildman–Crippen MR) is 171 cm³/mol. The van der Waals surface area contributed by atoms with Gasteiger partial charge in [-0.3, -0.25) is 5.41 Å². The topological polar surface area (TPSA) is 152 Å². The molecule has 3 aromatic rings. The fraction of sp³-hybridized carbons (Fsp3) is 0.438. The van der Waals surface area contributed by atoms with Gasteiger partial charge in [0.05, 0.1) is 17.3 Å². The zero-order valence-electron chi connectivity index (χ0n) is 24.5. The van der Waals surface area contributed by atoms with E-state index in [9.17, 15) is 5.11 Å². The van der Waals surface area contributed by atoms with Crippen molar-refractivity contribution in [2.24, 2.45) is 16.5 Å². The van der Waals surface area contributed by atoms with Crippen molar-refractivity contribution in [2.45, 2.75) is 76.3 Å². The minimum atomic E-state index is -1.13. The minimum Gasteiger partial charge on any atom is -0.373 e. The van der Waals surface area contributed by atoms with E-state index in [2.05, 4.69) is 32.7 Å². The molecule has 4 atom stereocenters. The third kappa shape index (κ3) is 7.63. The van der Waals surface area contributed by atoms with Crippen LogP contribution in [0.4, 0.5) is 10.1 Å². The number of amidine groups is 1. The van der Waals surface area contributed by atoms with Crippen molar-refractivity contribution >= 4 is 29.3 Å². The average molecular weight is 609 g/mol. The van der Waals surface area contributed by atoms with Crippen molar-refractivity contribution in [3.63, 3.8) is 0 Å². The first kappa shape index (κ1) is 31.2. The van der Waals surface area contributed by atoms with Gasteiger partial charge in [0.1, 0.15) is 11.3 Å². The normalized spacial score (nSPS) is 20.6. The van der Waals surface area contributed by atoms with E-state index in [1.54, 1.807) is 11.0 Å². The standard InChI is InChI=1S/C32H42ClFN8O/c1-19(36)4-2-5-20-14-25(30(34)26(33)15-20)28-16-22-18-42(32(43)41-31(22)40-28)24-10-8-21(9-11-24)27-7-3-6-23(39-27)12-13-38-29(37)17-35/h8-11,14-16,18-19,23,27,32,39,43H,2-7,12-13,17,35-36H2,1H3,(H2,37,38)(H,40,41)/t19-,23-,27-,32?/m0/s1. The van der Waals surface area contributed by atoms with Gasteiger partial charge >= 0.3 is 0 Å². The first-order valence-corrected chi connectivity index (χ1v) is 15.5. The predicted octanol–water partition coefficient (Wildman–Crippen LogP) is 3.40. The number of aromatic amines is 1. The maximum Gasteiger partial charge on any atom is 0.231 e. The van der Waals surface area contributed by atoms with Crippen molar-refractivity contribution < 1.29 is 9.50 Å². The molecule has 5 rings (SSSR count). The van der Waals surface area contributed by atoms with E-state index in [0.29, 0.717) is 28.6 Å². The number of aliphatic hydroxyl groups is 1. The smallest absolute Gasteiger partial charge is 0.231 e. The summed E-state index contributed by atoms with van der Waals surface area (Å²) in [7, 11) is 0. The first-order chi connectivity index (χ1) is 20.7. The second-order valence-corrected chi connectivity index (χ2v) is 12.1. The Kier molecular flexibility index (Phi) is 10.1. The van der Waals surface area contributed by atoms with Crippen LogP contribution in [-0.4, -0.2) is 47.5 Å². The molecule has 0 bridgehead atoms. The first-order valence-electron chi connectivity index (χ1n) is 15.1. The van der Waals surface area contributed by atoms with Gasteiger partial charge in [0.15, 0.2) is 5.82 Å². The Morgan fingerprint density at radius 1 is 1.26 bits per heavy atom. The Morgan fingerprint density at radius 2 is 2.05 bits per heavy atom. The summed E-state index contributed by atoms with van der Waals surface area (Å²) in [5.74, 6) is -0.127. The summed E-state index contributed by atoms with van der Waals surface area (Å²) >= 11 is 6.27. The lowest BCUT2D eigenvalue weighted by Gasteiger charge is -2.32. The summed E-state index contributed by atoms with van der Waals surface area (Å²) in [6, 6.07) is 14.2. The largest absolute Gasteiger partial charge is 0.373 e. The number of fused-ring (bicyclic) bond motifs is 1. The highest BCUT2D eigenvalue weighted by Crippen LogP contribution is 2.30. The third-order valence-corrected chi connectivity index (χ3v) is 8.49. The molecule has 0 aliphatic carbocycles. The van der Waals surface area contributed by atoms with Gasteiger partial charge in [0, 0.05) is 47.3 Å². The van der Waals surface area contributed by atoms with Gasteiger partial charge < -0.3 is 37.1 Å². The number of H-pyrrole nitrogens is 1. The Morgan fingerprint density at radius 3 is 2.79 bits per heavy atom. The minimum absolute atomic E-state index is 0.0751. The van der Waals surface area contributed by atoms with Crippen LogP contribution in [0.2, 0.25) is 5.02 Å². The maximum absolute atomic E-state index is 15.1. The van der Waals surface area contributed by atoms with Crippen molar-refractivity contribution in [3.8, 4) is 11.3 Å². The van der Waals surface area contributed by atoms with E-state index in [4.69, 9.17) is 28.5 Å². The Labute approximate surface area is 256 Å². The number of aromatic nitrogens is 1. The second kappa shape index (κ2) is 14.0. The highest BCUT2D eigenvalue weighted by Gasteiger charge is 2.23. The molecule has 2 aliphatic rings. The van der Waals surface area contributed by atoms with E-state index in [0.717, 1.165) is 68.0 Å². The second-order valence-electron chi connectivity index (χ2n) is 11.6. The number of anilines is 1. The number of aryl methyl sites for hydroxylation is 1. The molecule has 43 heavy (non-hydrogen) atoms. The monoisotopic (exact) mass is 608 g/mol. The molecule has 0 spiro atoms. The van der Waals surface area contributed by atoms with Gasteiger partial charge in [-0.2, -0.15) is 0 Å². The van der Waals surface area contributed by atoms with Gasteiger partial charge in [0.2, 0.25) is 6.35 Å². The molecule has 0 saturated carbocycles. The van der Waals surface area contributed by atoms with Crippen LogP contribution in [0.3, 0.4) is 0 Å². The third-order valence-electron chi connectivity index (χ3n) is 8.21. The molecule has 1 saturated heterocycles. The molecule has 9 N–H and O–H groups in total. The number of nitrogens with one attached hydrogen (secondary N) is 4. The molecule has 11 heteroatoms. The lowest BCUT2D eigenvalue weighted by Crippen LogP contribution is -2.41. The van der Waals surface area contributed by atoms with Gasteiger partial charge in [-0.05, 0) is 86.9 Å². The van der Waals surface area contributed by atoms with E-state index >= 15 is 4.39 Å². The van der Waals surface area contributed by atoms with E-state index in [-0.39, 0.29) is 23.7 Å². The van der Waals surface area contributed by atoms with E-state index in [1.165, 1.54) is 5.56 Å². The van der Waals surface area contributed by atoms with Gasteiger partial charge in [-0.15, -0.1) is 0 Å². The van der Waals surface area contributed by atoms with Crippen LogP contribution in [0.15, 0.2) is 47.5 Å². The quantitative estimate of drug-likeness (QED) is 0.131. The van der Waals surface area contributed by atoms with Crippen LogP contribution < -0.4 is 37.7 Å². The summed E-state index contributed by atoms with van der Waals surface area (Å²) < 4.78 is 15.1. The number of piperidine rings is 1. The fourth-order valence-electron chi connectivity index (χ4n) is 5.88. The molecule has 0 radical (unpaired) electrons. The SMILES string of the molecule is C[C@H](N)CCCc1cc(Cl)c(F)c(-c2cc3c([nH]2)=NC(O)N(c2ccc([C@@H]4CCC[C@@H](CCNC(=N)CN)N4)cc2)C=3)c1. The molecule has 3 heterocycles. The molecule has 230 valence electrons. The summed E-state index contributed by atoms with van der Waals surface area (Å²) in [5.41, 5.74) is 15.7. The Bertz CT molecular complexity index is 1540. The van der Waals surface area contributed by atoms with Crippen LogP contribution in [0.25, 0.3) is 17.5 Å². The zero-order chi connectivity index (χ0) is 30.5. The highest BCUT2D eigenvalue weighted by atomic mass is 35.5. The van der Waals surface area contributed by atoms with Crippen LogP contribution in [0, 0.1) is 11.2 Å². The van der Waals surface area contributed by atoms with Crippen molar-refractivity contribution in [1.82, 2.24) is 15.6 Å². The molecule has 1 aromatic heterocycles.